The number of β-amino-alcohol motifs (C(OH)–C–C–N with tert-alkyl or cyclic N) is 1. The fraction of sp³-hybridized carbons (Fsp3) is 0.400. The third-order valence-electron chi connectivity index (χ3n) is 13.7. The van der Waals surface area contributed by atoms with Crippen LogP contribution in [0.2, 0.25) is 0 Å². The molecule has 5 heterocycles. The van der Waals surface area contributed by atoms with E-state index in [9.17, 15) is 29.4 Å². The average molecular weight is 981 g/mol. The van der Waals surface area contributed by atoms with E-state index in [-0.39, 0.29) is 43.4 Å². The molecule has 372 valence electrons. The molecule has 4 aromatic heterocycles. The molecule has 8 rings (SSSR count). The van der Waals surface area contributed by atoms with Gasteiger partial charge in [0.05, 0.1) is 59.4 Å². The number of hydrogen-bond acceptors (Lipinski definition) is 11. The van der Waals surface area contributed by atoms with Crippen molar-refractivity contribution >= 4 is 50.7 Å². The molecule has 0 spiro atoms. The lowest BCUT2D eigenvalue weighted by Crippen LogP contribution is -2.55. The van der Waals surface area contributed by atoms with Crippen LogP contribution in [-0.2, 0) is 28.0 Å². The molecule has 4 atom stereocenters. The molecule has 0 bridgehead atoms. The Morgan fingerprint density at radius 2 is 1.65 bits per heavy atom. The van der Waals surface area contributed by atoms with Gasteiger partial charge >= 0.3 is 0 Å². The molecule has 71 heavy (non-hydrogen) atoms. The van der Waals surface area contributed by atoms with Crippen molar-refractivity contribution in [3.8, 4) is 38.6 Å². The Labute approximate surface area is 417 Å². The van der Waals surface area contributed by atoms with E-state index in [1.807, 2.05) is 99.5 Å². The molecule has 1 saturated heterocycles. The number of ether oxygens (including phenoxy) is 1. The highest BCUT2D eigenvalue weighted by atomic mass is 32.1. The van der Waals surface area contributed by atoms with Gasteiger partial charge in [-0.25, -0.2) is 4.98 Å². The van der Waals surface area contributed by atoms with E-state index in [0.29, 0.717) is 23.3 Å². The van der Waals surface area contributed by atoms with E-state index >= 15 is 0 Å². The van der Waals surface area contributed by atoms with Crippen LogP contribution in [0.3, 0.4) is 0 Å². The number of carbonyl (C=O) groups is 3. The first-order valence-corrected chi connectivity index (χ1v) is 25.4. The smallest absolute Gasteiger partial charge is 0.253 e. The van der Waals surface area contributed by atoms with Crippen LogP contribution in [0.1, 0.15) is 88.1 Å². The van der Waals surface area contributed by atoms with Crippen molar-refractivity contribution in [1.82, 2.24) is 39.8 Å². The molecule has 16 heteroatoms. The van der Waals surface area contributed by atoms with Crippen molar-refractivity contribution in [3.63, 3.8) is 0 Å². The minimum atomic E-state index is -0.950. The fourth-order valence-electron chi connectivity index (χ4n) is 9.67. The number of thiazole rings is 1. The Morgan fingerprint density at radius 3 is 2.37 bits per heavy atom. The largest absolute Gasteiger partial charge is 0.497 e. The number of benzene rings is 3. The van der Waals surface area contributed by atoms with Crippen molar-refractivity contribution in [1.29, 1.82) is 0 Å². The third kappa shape index (κ3) is 11.4. The van der Waals surface area contributed by atoms with E-state index in [4.69, 9.17) is 9.72 Å². The van der Waals surface area contributed by atoms with Gasteiger partial charge in [-0.3, -0.25) is 28.8 Å². The van der Waals surface area contributed by atoms with Crippen LogP contribution in [0.25, 0.3) is 54.5 Å². The number of aliphatic hydroxyl groups is 2. The third-order valence-corrected chi connectivity index (χ3v) is 14.7. The van der Waals surface area contributed by atoms with Crippen LogP contribution in [0.15, 0.2) is 95.6 Å². The van der Waals surface area contributed by atoms with Crippen LogP contribution >= 0.6 is 11.3 Å². The van der Waals surface area contributed by atoms with Gasteiger partial charge in [0.1, 0.15) is 17.8 Å². The maximum Gasteiger partial charge on any atom is 0.253 e. The Hall–Kier alpha value is -6.75. The maximum absolute atomic E-state index is 14.0. The van der Waals surface area contributed by atoms with Crippen LogP contribution in [0.4, 0.5) is 0 Å². The summed E-state index contributed by atoms with van der Waals surface area (Å²) in [6.07, 6.45) is 10.8. The predicted molar refractivity (Wildman–Crippen MR) is 278 cm³/mol. The summed E-state index contributed by atoms with van der Waals surface area (Å²) in [6.45, 7) is 7.88. The molecule has 3 amide bonds. The molecule has 1 fully saturated rings. The van der Waals surface area contributed by atoms with Gasteiger partial charge in [-0.1, -0.05) is 82.0 Å². The van der Waals surface area contributed by atoms with Crippen LogP contribution in [0.5, 0.6) is 5.75 Å². The number of methoxy groups -OCH3 is 1. The Balaban J connectivity index is 0.780. The highest BCUT2D eigenvalue weighted by molar-refractivity contribution is 7.13. The van der Waals surface area contributed by atoms with Crippen molar-refractivity contribution in [3.05, 3.63) is 118 Å². The molecule has 1 aliphatic heterocycles. The number of nitrogens with zero attached hydrogens (tertiary/aromatic N) is 6. The Bertz CT molecular complexity index is 3090. The first-order valence-electron chi connectivity index (χ1n) is 24.5. The number of pyridine rings is 2. The Morgan fingerprint density at radius 1 is 0.887 bits per heavy atom. The van der Waals surface area contributed by atoms with Gasteiger partial charge < -0.3 is 35.1 Å². The summed E-state index contributed by atoms with van der Waals surface area (Å²) in [4.78, 5) is 65.2. The highest BCUT2D eigenvalue weighted by Crippen LogP contribution is 2.38. The molecule has 3 aromatic carbocycles. The van der Waals surface area contributed by atoms with Crippen LogP contribution in [0, 0.1) is 19.8 Å². The number of hydrogen-bond donors (Lipinski definition) is 4. The molecule has 0 saturated carbocycles. The number of likely N-dealkylation sites (tertiary alicyclic amines) is 1. The van der Waals surface area contributed by atoms with E-state index in [0.717, 1.165) is 98.8 Å². The van der Waals surface area contributed by atoms with Crippen molar-refractivity contribution < 1.29 is 29.3 Å². The Kier molecular flexibility index (Phi) is 16.1. The summed E-state index contributed by atoms with van der Waals surface area (Å²) in [6, 6.07) is 19.2. The van der Waals surface area contributed by atoms with E-state index in [2.05, 4.69) is 38.9 Å². The van der Waals surface area contributed by atoms with Crippen molar-refractivity contribution in [2.45, 2.75) is 110 Å². The van der Waals surface area contributed by atoms with E-state index < -0.39 is 36.0 Å². The highest BCUT2D eigenvalue weighted by Gasteiger charge is 2.42. The van der Waals surface area contributed by atoms with Crippen LogP contribution < -0.4 is 20.9 Å². The lowest BCUT2D eigenvalue weighted by atomic mass is 9.94. The zero-order chi connectivity index (χ0) is 50.3. The number of fused-ring (bicyclic) bond motifs is 2. The minimum absolute atomic E-state index is 0.0241. The standard InChI is InChI=1S/C55H64N8O7S/c1-33(2)51(55(69)63-30-40(65)24-49(63)53(67)59-47(31-64)36-17-19-37(20-18-36)52-35(4)57-32-71-52)60-50(66)16-11-9-7-8-10-12-21-62-29-39(27-58-62)46-23-38-14-13-15-42(45(38)28-56-46)43-25-41(70-6)26-48-44(43)22-34(3)54(68)61(48)5/h13-15,17-20,22-23,25-29,32-33,40,47,49,51,64-65H,7-12,16,21,24,30-31H2,1-6H3,(H,59,67)(H,60,66)/t40-,47+,49+,51+/m1/s1. The second-order valence-electron chi connectivity index (χ2n) is 19.1. The number of carbonyl (C=O) groups excluding carboxylic acids is 3. The molecule has 0 unspecified atom stereocenters. The van der Waals surface area contributed by atoms with Crippen LogP contribution in [-0.4, -0.2) is 95.6 Å². The average Bonchev–Trinajstić information content (AvgIpc) is 4.14. The first-order chi connectivity index (χ1) is 34.2. The zero-order valence-electron chi connectivity index (χ0n) is 41.4. The number of nitrogens with one attached hydrogen (secondary N) is 2. The fourth-order valence-corrected chi connectivity index (χ4v) is 10.5. The van der Waals surface area contributed by atoms with Gasteiger partial charge in [0, 0.05) is 73.3 Å². The molecule has 0 aliphatic carbocycles. The molecule has 7 aromatic rings. The van der Waals surface area contributed by atoms with Gasteiger partial charge in [-0.2, -0.15) is 5.10 Å². The van der Waals surface area contributed by atoms with Gasteiger partial charge in [0.2, 0.25) is 17.7 Å². The first kappa shape index (κ1) is 50.6. The van der Waals surface area contributed by atoms with Gasteiger partial charge in [-0.05, 0) is 78.4 Å². The van der Waals surface area contributed by atoms with Gasteiger partial charge in [0.25, 0.3) is 5.56 Å². The summed E-state index contributed by atoms with van der Waals surface area (Å²) < 4.78 is 9.28. The number of rotatable bonds is 20. The van der Waals surface area contributed by atoms with E-state index in [1.165, 1.54) is 4.90 Å². The summed E-state index contributed by atoms with van der Waals surface area (Å²) in [5.41, 5.74) is 9.59. The number of aryl methyl sites for hydroxylation is 4. The lowest BCUT2D eigenvalue weighted by molar-refractivity contribution is -0.142. The monoisotopic (exact) mass is 980 g/mol. The number of amides is 3. The summed E-state index contributed by atoms with van der Waals surface area (Å²) >= 11 is 1.54. The molecule has 0 radical (unpaired) electrons. The van der Waals surface area contributed by atoms with Crippen molar-refractivity contribution in [2.75, 3.05) is 20.3 Å². The minimum Gasteiger partial charge on any atom is -0.497 e. The number of aliphatic hydroxyl groups excluding tert-OH is 2. The van der Waals surface area contributed by atoms with Crippen molar-refractivity contribution in [2.24, 2.45) is 13.0 Å². The second-order valence-corrected chi connectivity index (χ2v) is 19.9. The quantitative estimate of drug-likeness (QED) is 0.0543. The molecule has 15 nitrogen and oxygen atoms in total. The normalized spacial score (nSPS) is 15.6. The molecule has 1 aliphatic rings. The summed E-state index contributed by atoms with van der Waals surface area (Å²) in [7, 11) is 3.42. The molecule has 4 N–H and O–H groups in total. The molecular formula is C55H64N8O7S. The maximum atomic E-state index is 14.0. The number of aromatic nitrogens is 5. The zero-order valence-corrected chi connectivity index (χ0v) is 42.2. The van der Waals surface area contributed by atoms with Gasteiger partial charge in [-0.15, -0.1) is 11.3 Å². The second kappa shape index (κ2) is 22.6. The topological polar surface area (TPSA) is 194 Å². The van der Waals surface area contributed by atoms with Gasteiger partial charge in [0.15, 0.2) is 0 Å². The van der Waals surface area contributed by atoms with E-state index in [1.54, 1.807) is 35.6 Å². The summed E-state index contributed by atoms with van der Waals surface area (Å²) in [5.74, 6) is -0.684. The predicted octanol–water partition coefficient (Wildman–Crippen LogP) is 8.05. The lowest BCUT2D eigenvalue weighted by Gasteiger charge is -2.31. The number of unbranched alkanes of at least 4 members (excludes halogenated alkanes) is 5. The molecular weight excluding hydrogens is 917 g/mol. The SMILES string of the molecule is COc1cc(-c2cccc3cc(-c4cnn(CCCCCCCCC(=O)N[C@H](C(=O)N5C[C@H](O)C[C@H]5C(=O)N[C@@H](CO)c5ccc(-c6scnc6C)cc5)C(C)C)c4)ncc23)c2cc(C)c(=O)n(C)c2c1. The summed E-state index contributed by atoms with van der Waals surface area (Å²) in [5, 5.41) is 34.3.